The third-order valence-corrected chi connectivity index (χ3v) is 10.9. The smallest absolute Gasteiger partial charge is 0.315 e. The van der Waals surface area contributed by atoms with Gasteiger partial charge in [-0.15, -0.1) is 18.9 Å². The summed E-state index contributed by atoms with van der Waals surface area (Å²) in [5, 5.41) is 11.7. The van der Waals surface area contributed by atoms with E-state index in [1.807, 2.05) is 34.6 Å². The molecule has 5 amide bonds. The third-order valence-electron chi connectivity index (χ3n) is 10.9. The number of carbonyl (C=O) groups excluding carboxylic acids is 5. The Morgan fingerprint density at radius 1 is 1.00 bits per heavy atom. The number of nitrogens with zero attached hydrogens (tertiary/aromatic N) is 1. The van der Waals surface area contributed by atoms with E-state index in [-0.39, 0.29) is 42.7 Å². The maximum Gasteiger partial charge on any atom is 0.315 e. The molecule has 4 N–H and O–H groups in total. The van der Waals surface area contributed by atoms with Gasteiger partial charge in [-0.05, 0) is 76.5 Å². The second-order valence-corrected chi connectivity index (χ2v) is 16.3. The summed E-state index contributed by atoms with van der Waals surface area (Å²) < 4.78 is 6.20. The van der Waals surface area contributed by atoms with Gasteiger partial charge in [0, 0.05) is 19.5 Å². The van der Waals surface area contributed by atoms with Crippen LogP contribution in [-0.2, 0) is 23.9 Å². The lowest BCUT2D eigenvalue weighted by Gasteiger charge is -2.44. The fourth-order valence-corrected chi connectivity index (χ4v) is 7.91. The Bertz CT molecular complexity index is 1250. The van der Waals surface area contributed by atoms with Gasteiger partial charge in [-0.25, -0.2) is 4.79 Å². The van der Waals surface area contributed by atoms with Gasteiger partial charge in [-0.2, -0.15) is 0 Å². The lowest BCUT2D eigenvalue weighted by Crippen LogP contribution is -2.64. The van der Waals surface area contributed by atoms with Crippen molar-refractivity contribution in [1.29, 1.82) is 0 Å². The molecule has 1 saturated heterocycles. The minimum absolute atomic E-state index is 0.0493. The van der Waals surface area contributed by atoms with Gasteiger partial charge in [0.2, 0.25) is 17.6 Å². The highest BCUT2D eigenvalue weighted by Gasteiger charge is 2.50. The van der Waals surface area contributed by atoms with Crippen molar-refractivity contribution >= 4 is 29.5 Å². The van der Waals surface area contributed by atoms with Crippen molar-refractivity contribution in [3.8, 4) is 12.3 Å². The minimum Gasteiger partial charge on any atom is -0.373 e. The Hall–Kier alpha value is -3.39. The van der Waals surface area contributed by atoms with Crippen LogP contribution >= 0.6 is 0 Å². The molecule has 50 heavy (non-hydrogen) atoms. The highest BCUT2D eigenvalue weighted by Crippen LogP contribution is 2.41. The number of rotatable bonds is 15. The first kappa shape index (κ1) is 41.0. The average molecular weight is 698 g/mol. The Kier molecular flexibility index (Phi) is 14.9. The lowest BCUT2D eigenvalue weighted by atomic mass is 9.70. The maximum absolute atomic E-state index is 14.8. The van der Waals surface area contributed by atoms with Crippen LogP contribution in [0.4, 0.5) is 4.79 Å². The second kappa shape index (κ2) is 18.2. The van der Waals surface area contributed by atoms with Crippen LogP contribution in [0.1, 0.15) is 125 Å². The summed E-state index contributed by atoms with van der Waals surface area (Å²) in [7, 11) is 0. The molecule has 280 valence electrons. The Labute approximate surface area is 300 Å². The van der Waals surface area contributed by atoms with Gasteiger partial charge in [0.1, 0.15) is 12.1 Å². The molecule has 3 fully saturated rings. The molecular formula is C39H63N5O6. The molecular weight excluding hydrogens is 634 g/mol. The van der Waals surface area contributed by atoms with Crippen molar-refractivity contribution in [1.82, 2.24) is 26.2 Å². The maximum atomic E-state index is 14.8. The predicted molar refractivity (Wildman–Crippen MR) is 195 cm³/mol. The van der Waals surface area contributed by atoms with E-state index in [1.54, 1.807) is 4.90 Å². The van der Waals surface area contributed by atoms with E-state index in [0.29, 0.717) is 19.6 Å². The van der Waals surface area contributed by atoms with Crippen LogP contribution in [0, 0.1) is 29.6 Å². The van der Waals surface area contributed by atoms with Crippen LogP contribution in [0.15, 0.2) is 12.7 Å². The van der Waals surface area contributed by atoms with Crippen LogP contribution in [-0.4, -0.2) is 83.4 Å². The fourth-order valence-electron chi connectivity index (χ4n) is 7.91. The van der Waals surface area contributed by atoms with Crippen molar-refractivity contribution < 1.29 is 28.7 Å². The molecule has 0 radical (unpaired) electrons. The fraction of sp³-hybridized carbons (Fsp3) is 0.769. The SMILES string of the molecule is C#CCCC(NC(=O)C1[C@@H](C(C)C)CCN1C(=O)C(NC(=O)NC1(COC(C)(C)C)CCCCC1)C1(C)CCCCC1)C(=O)C(=O)NCC=C. The van der Waals surface area contributed by atoms with Crippen LogP contribution in [0.5, 0.6) is 0 Å². The molecule has 11 heteroatoms. The van der Waals surface area contributed by atoms with Crippen LogP contribution in [0.3, 0.4) is 0 Å². The molecule has 3 aliphatic rings. The van der Waals surface area contributed by atoms with E-state index in [9.17, 15) is 24.0 Å². The van der Waals surface area contributed by atoms with Gasteiger partial charge in [-0.3, -0.25) is 19.2 Å². The molecule has 3 rings (SSSR count). The first-order chi connectivity index (χ1) is 23.6. The Morgan fingerprint density at radius 3 is 2.18 bits per heavy atom. The number of amides is 5. The van der Waals surface area contributed by atoms with Crippen molar-refractivity contribution in [2.45, 2.75) is 154 Å². The number of terminal acetylenes is 1. The van der Waals surface area contributed by atoms with Gasteiger partial charge in [0.15, 0.2) is 0 Å². The molecule has 0 spiro atoms. The number of likely N-dealkylation sites (tertiary alicyclic amines) is 1. The minimum atomic E-state index is -1.15. The van der Waals surface area contributed by atoms with Crippen LogP contribution in [0.25, 0.3) is 0 Å². The number of Topliss-reactive ketones (excluding diaryl/α,β-unsaturated/α-hetero) is 1. The number of hydrogen-bond donors (Lipinski definition) is 4. The monoisotopic (exact) mass is 697 g/mol. The number of urea groups is 1. The molecule has 0 aromatic carbocycles. The van der Waals surface area contributed by atoms with E-state index in [1.165, 1.54) is 6.08 Å². The summed E-state index contributed by atoms with van der Waals surface area (Å²) in [5.74, 6) is -0.0952. The molecule has 2 saturated carbocycles. The van der Waals surface area contributed by atoms with Gasteiger partial charge in [0.25, 0.3) is 5.91 Å². The second-order valence-electron chi connectivity index (χ2n) is 16.3. The summed E-state index contributed by atoms with van der Waals surface area (Å²) in [5.41, 5.74) is -1.41. The number of nitrogens with one attached hydrogen (secondary N) is 4. The lowest BCUT2D eigenvalue weighted by molar-refractivity contribution is -0.145. The summed E-state index contributed by atoms with van der Waals surface area (Å²) in [6.45, 7) is 16.5. The standard InChI is InChI=1S/C39H63N5O6/c1-9-11-18-29(31(45)34(47)40-24-10-2)41-33(46)30-28(27(3)4)19-25-44(30)35(48)32(38(8)20-14-12-15-21-38)42-36(49)43-39(22-16-13-17-23-39)26-50-37(5,6)7/h1,10,27-30,32H,2,11-26H2,3-8H3,(H,40,47)(H,41,46)(H2,42,43,49)/t28-,29?,30?,32?/m1/s1. The van der Waals surface area contributed by atoms with Crippen molar-refractivity contribution in [2.24, 2.45) is 17.3 Å². The number of ketones is 1. The summed E-state index contributed by atoms with van der Waals surface area (Å²) in [4.78, 5) is 70.3. The highest BCUT2D eigenvalue weighted by atomic mass is 16.5. The van der Waals surface area contributed by atoms with Gasteiger partial charge < -0.3 is 30.9 Å². The van der Waals surface area contributed by atoms with E-state index in [2.05, 4.69) is 40.7 Å². The largest absolute Gasteiger partial charge is 0.373 e. The summed E-state index contributed by atoms with van der Waals surface area (Å²) in [6, 6.07) is -3.30. The van der Waals surface area contributed by atoms with Crippen molar-refractivity contribution in [3.63, 3.8) is 0 Å². The third kappa shape index (κ3) is 11.1. The first-order valence-electron chi connectivity index (χ1n) is 18.8. The first-order valence-corrected chi connectivity index (χ1v) is 18.8. The van der Waals surface area contributed by atoms with Crippen LogP contribution in [0.2, 0.25) is 0 Å². The van der Waals surface area contributed by atoms with E-state index in [4.69, 9.17) is 11.2 Å². The van der Waals surface area contributed by atoms with E-state index in [0.717, 1.165) is 64.2 Å². The molecule has 1 aliphatic heterocycles. The molecule has 2 aliphatic carbocycles. The zero-order valence-corrected chi connectivity index (χ0v) is 31.5. The molecule has 3 unspecified atom stereocenters. The van der Waals surface area contributed by atoms with E-state index < -0.39 is 52.7 Å². The zero-order valence-electron chi connectivity index (χ0n) is 31.5. The van der Waals surface area contributed by atoms with Gasteiger partial charge in [0.05, 0.1) is 23.8 Å². The molecule has 4 atom stereocenters. The number of ether oxygens (including phenoxy) is 1. The Morgan fingerprint density at radius 2 is 1.62 bits per heavy atom. The van der Waals surface area contributed by atoms with Crippen LogP contribution < -0.4 is 21.3 Å². The van der Waals surface area contributed by atoms with E-state index >= 15 is 0 Å². The summed E-state index contributed by atoms with van der Waals surface area (Å²) >= 11 is 0. The number of carbonyl (C=O) groups is 5. The normalized spacial score (nSPS) is 22.8. The average Bonchev–Trinajstić information content (AvgIpc) is 3.53. The molecule has 0 bridgehead atoms. The van der Waals surface area contributed by atoms with Gasteiger partial charge in [-0.1, -0.05) is 65.4 Å². The molecule has 1 heterocycles. The highest BCUT2D eigenvalue weighted by molar-refractivity contribution is 6.38. The van der Waals surface area contributed by atoms with Gasteiger partial charge >= 0.3 is 6.03 Å². The topological polar surface area (TPSA) is 146 Å². The Balaban J connectivity index is 1.91. The van der Waals surface area contributed by atoms with Crippen molar-refractivity contribution in [3.05, 3.63) is 12.7 Å². The number of hydrogen-bond acceptors (Lipinski definition) is 6. The quantitative estimate of drug-likeness (QED) is 0.110. The van der Waals surface area contributed by atoms with Crippen molar-refractivity contribution in [2.75, 3.05) is 19.7 Å². The zero-order chi connectivity index (χ0) is 37.1. The predicted octanol–water partition coefficient (Wildman–Crippen LogP) is 4.79. The summed E-state index contributed by atoms with van der Waals surface area (Å²) in [6.07, 6.45) is 16.9. The molecule has 11 nitrogen and oxygen atoms in total. The molecule has 0 aromatic heterocycles. The molecule has 0 aromatic rings.